The molecule has 2 aromatic carbocycles. The minimum Gasteiger partial charge on any atom is -0.477 e. The summed E-state index contributed by atoms with van der Waals surface area (Å²) in [5.41, 5.74) is 1.38. The lowest BCUT2D eigenvalue weighted by atomic mass is 10.2. The van der Waals surface area contributed by atoms with Crippen LogP contribution in [0.3, 0.4) is 0 Å². The van der Waals surface area contributed by atoms with E-state index in [0.29, 0.717) is 37.7 Å². The number of thioether (sulfide) groups is 1. The van der Waals surface area contributed by atoms with E-state index in [-0.39, 0.29) is 16.0 Å². The molecule has 0 radical (unpaired) electrons. The van der Waals surface area contributed by atoms with Crippen LogP contribution in [-0.2, 0) is 4.79 Å². The van der Waals surface area contributed by atoms with Gasteiger partial charge in [-0.3, -0.25) is 0 Å². The highest BCUT2D eigenvalue weighted by atomic mass is 35.5. The van der Waals surface area contributed by atoms with Crippen LogP contribution in [0.1, 0.15) is 5.76 Å². The number of carbonyl (C=O) groups is 1. The molecule has 0 aliphatic carbocycles. The first-order chi connectivity index (χ1) is 14.9. The minimum absolute atomic E-state index is 0.0543. The molecule has 6 nitrogen and oxygen atoms in total. The summed E-state index contributed by atoms with van der Waals surface area (Å²) in [6, 6.07) is 15.3. The molecule has 4 aromatic rings. The summed E-state index contributed by atoms with van der Waals surface area (Å²) in [5.74, 6) is -0.0571. The van der Waals surface area contributed by atoms with Gasteiger partial charge < -0.3 is 13.9 Å². The van der Waals surface area contributed by atoms with Crippen molar-refractivity contribution in [2.75, 3.05) is 0 Å². The number of hydrogen-bond donors (Lipinski definition) is 1. The normalized spacial score (nSPS) is 11.6. The van der Waals surface area contributed by atoms with Crippen molar-refractivity contribution in [2.45, 2.75) is 5.22 Å². The van der Waals surface area contributed by atoms with Crippen LogP contribution in [0.5, 0.6) is 0 Å². The third-order valence-corrected chi connectivity index (χ3v) is 5.85. The van der Waals surface area contributed by atoms with E-state index in [2.05, 4.69) is 10.2 Å². The lowest BCUT2D eigenvalue weighted by molar-refractivity contribution is -0.131. The zero-order valence-electron chi connectivity index (χ0n) is 15.4. The third kappa shape index (κ3) is 5.14. The molecule has 0 saturated heterocycles. The zero-order valence-corrected chi connectivity index (χ0v) is 18.5. The molecule has 4 rings (SSSR count). The molecule has 0 bridgehead atoms. The average Bonchev–Trinajstić information content (AvgIpc) is 3.40. The maximum atomic E-state index is 11.7. The van der Waals surface area contributed by atoms with Crippen LogP contribution >= 0.6 is 46.6 Å². The van der Waals surface area contributed by atoms with Crippen molar-refractivity contribution >= 4 is 58.6 Å². The van der Waals surface area contributed by atoms with Crippen LogP contribution in [0.15, 0.2) is 73.6 Å². The van der Waals surface area contributed by atoms with Gasteiger partial charge in [-0.25, -0.2) is 4.79 Å². The highest BCUT2D eigenvalue weighted by Gasteiger charge is 2.17. The standard InChI is InChI=1S/C21H11Cl3N2O4S/c22-13-4-1-11(2-5-13)19-25-26-21(30-19)31-18(20(27)28)10-14-6-8-17(29-14)12-3-7-15(23)16(24)9-12/h1-10H,(H,27,28)/b18-10-. The molecule has 0 aliphatic rings. The van der Waals surface area contributed by atoms with Crippen molar-refractivity contribution in [3.63, 3.8) is 0 Å². The van der Waals surface area contributed by atoms with Crippen LogP contribution in [0.2, 0.25) is 15.1 Å². The van der Waals surface area contributed by atoms with Gasteiger partial charge in [0.05, 0.1) is 10.0 Å². The number of carboxylic acid groups (broad SMARTS) is 1. The Hall–Kier alpha value is -2.71. The van der Waals surface area contributed by atoms with Gasteiger partial charge in [-0.15, -0.1) is 10.2 Å². The van der Waals surface area contributed by atoms with E-state index < -0.39 is 5.97 Å². The Morgan fingerprint density at radius 2 is 1.65 bits per heavy atom. The Morgan fingerprint density at radius 3 is 2.35 bits per heavy atom. The number of hydrogen-bond acceptors (Lipinski definition) is 6. The first-order valence-corrected chi connectivity index (χ1v) is 10.6. The van der Waals surface area contributed by atoms with Crippen molar-refractivity contribution in [3.8, 4) is 22.8 Å². The first-order valence-electron chi connectivity index (χ1n) is 8.66. The largest absolute Gasteiger partial charge is 0.477 e. The Kier molecular flexibility index (Phi) is 6.38. The van der Waals surface area contributed by atoms with Crippen molar-refractivity contribution in [2.24, 2.45) is 0 Å². The number of aliphatic carboxylic acids is 1. The topological polar surface area (TPSA) is 89.4 Å². The Labute approximate surface area is 195 Å². The molecular formula is C21H11Cl3N2O4S. The van der Waals surface area contributed by atoms with E-state index in [4.69, 9.17) is 43.6 Å². The Balaban J connectivity index is 1.56. The number of furan rings is 1. The van der Waals surface area contributed by atoms with E-state index >= 15 is 0 Å². The molecule has 0 aliphatic heterocycles. The van der Waals surface area contributed by atoms with Gasteiger partial charge in [-0.1, -0.05) is 34.8 Å². The van der Waals surface area contributed by atoms with Crippen LogP contribution in [0.4, 0.5) is 0 Å². The number of nitrogens with zero attached hydrogens (tertiary/aromatic N) is 2. The molecule has 0 amide bonds. The Morgan fingerprint density at radius 1 is 0.903 bits per heavy atom. The maximum Gasteiger partial charge on any atom is 0.342 e. The van der Waals surface area contributed by atoms with Gasteiger partial charge in [-0.2, -0.15) is 0 Å². The molecule has 0 spiro atoms. The lowest BCUT2D eigenvalue weighted by Crippen LogP contribution is -1.96. The minimum atomic E-state index is -1.16. The van der Waals surface area contributed by atoms with Gasteiger partial charge in [0.1, 0.15) is 16.4 Å². The van der Waals surface area contributed by atoms with Crippen LogP contribution in [0, 0.1) is 0 Å². The SMILES string of the molecule is O=C(O)/C(=C/c1ccc(-c2ccc(Cl)c(Cl)c2)o1)Sc1nnc(-c2ccc(Cl)cc2)o1. The molecule has 0 saturated carbocycles. The second kappa shape index (κ2) is 9.20. The van der Waals surface area contributed by atoms with Crippen molar-refractivity contribution < 1.29 is 18.7 Å². The van der Waals surface area contributed by atoms with Crippen LogP contribution in [0.25, 0.3) is 28.9 Å². The van der Waals surface area contributed by atoms with E-state index in [1.807, 2.05) is 0 Å². The first kappa shape index (κ1) is 21.5. The summed E-state index contributed by atoms with van der Waals surface area (Å²) in [6.45, 7) is 0. The summed E-state index contributed by atoms with van der Waals surface area (Å²) in [4.78, 5) is 11.7. The summed E-state index contributed by atoms with van der Waals surface area (Å²) in [6.07, 6.45) is 1.38. The smallest absolute Gasteiger partial charge is 0.342 e. The average molecular weight is 494 g/mol. The summed E-state index contributed by atoms with van der Waals surface area (Å²) < 4.78 is 11.3. The molecule has 1 N–H and O–H groups in total. The highest BCUT2D eigenvalue weighted by molar-refractivity contribution is 8.03. The lowest BCUT2D eigenvalue weighted by Gasteiger charge is -2.00. The fourth-order valence-corrected chi connectivity index (χ4v) is 3.63. The third-order valence-electron chi connectivity index (χ3n) is 4.01. The molecule has 31 heavy (non-hydrogen) atoms. The van der Waals surface area contributed by atoms with Crippen molar-refractivity contribution in [3.05, 3.63) is 80.3 Å². The summed E-state index contributed by atoms with van der Waals surface area (Å²) in [5, 5.41) is 18.9. The molecule has 2 heterocycles. The molecule has 0 unspecified atom stereocenters. The highest BCUT2D eigenvalue weighted by Crippen LogP contribution is 2.33. The second-order valence-electron chi connectivity index (χ2n) is 6.13. The van der Waals surface area contributed by atoms with E-state index in [9.17, 15) is 9.90 Å². The van der Waals surface area contributed by atoms with E-state index in [1.54, 1.807) is 54.6 Å². The van der Waals surface area contributed by atoms with Crippen LogP contribution < -0.4 is 0 Å². The van der Waals surface area contributed by atoms with E-state index in [1.165, 1.54) is 6.08 Å². The summed E-state index contributed by atoms with van der Waals surface area (Å²) >= 11 is 18.7. The van der Waals surface area contributed by atoms with Gasteiger partial charge in [0.25, 0.3) is 5.22 Å². The molecule has 0 atom stereocenters. The van der Waals surface area contributed by atoms with Gasteiger partial charge in [0.2, 0.25) is 5.89 Å². The van der Waals surface area contributed by atoms with Gasteiger partial charge in [-0.05, 0) is 66.4 Å². The molecule has 2 aromatic heterocycles. The molecule has 156 valence electrons. The number of benzene rings is 2. The van der Waals surface area contributed by atoms with Crippen LogP contribution in [-0.4, -0.2) is 21.3 Å². The number of halogens is 3. The fourth-order valence-electron chi connectivity index (χ4n) is 2.55. The molecular weight excluding hydrogens is 483 g/mol. The van der Waals surface area contributed by atoms with Gasteiger partial charge >= 0.3 is 5.97 Å². The predicted molar refractivity (Wildman–Crippen MR) is 120 cm³/mol. The monoisotopic (exact) mass is 492 g/mol. The fraction of sp³-hybridized carbons (Fsp3) is 0. The summed E-state index contributed by atoms with van der Waals surface area (Å²) in [7, 11) is 0. The van der Waals surface area contributed by atoms with Crippen molar-refractivity contribution in [1.82, 2.24) is 10.2 Å². The Bertz CT molecular complexity index is 1280. The second-order valence-corrected chi connectivity index (χ2v) is 8.37. The molecule has 10 heteroatoms. The van der Waals surface area contributed by atoms with Gasteiger partial charge in [0, 0.05) is 22.2 Å². The molecule has 0 fully saturated rings. The quantitative estimate of drug-likeness (QED) is 0.225. The number of aromatic nitrogens is 2. The number of rotatable bonds is 6. The predicted octanol–water partition coefficient (Wildman–Crippen LogP) is 7.17. The van der Waals surface area contributed by atoms with E-state index in [0.717, 1.165) is 11.8 Å². The zero-order chi connectivity index (χ0) is 22.0. The van der Waals surface area contributed by atoms with Gasteiger partial charge in [0.15, 0.2) is 0 Å². The maximum absolute atomic E-state index is 11.7. The number of carboxylic acids is 1. The van der Waals surface area contributed by atoms with Crippen molar-refractivity contribution in [1.29, 1.82) is 0 Å².